The number of rotatable bonds is 7. The van der Waals surface area contributed by atoms with Crippen LogP contribution in [0, 0.1) is 5.92 Å². The maximum Gasteiger partial charge on any atom is 0.136 e. The number of benzene rings is 6. The molecule has 0 bridgehead atoms. The van der Waals surface area contributed by atoms with Crippen LogP contribution < -0.4 is 0 Å². The van der Waals surface area contributed by atoms with Crippen LogP contribution in [-0.2, 0) is 0 Å². The number of pyridine rings is 1. The van der Waals surface area contributed by atoms with Crippen LogP contribution in [0.15, 0.2) is 199 Å². The van der Waals surface area contributed by atoms with Gasteiger partial charge in [-0.05, 0) is 106 Å². The molecule has 0 spiro atoms. The second kappa shape index (κ2) is 15.9. The van der Waals surface area contributed by atoms with Gasteiger partial charge in [0.1, 0.15) is 17.0 Å². The molecule has 306 valence electrons. The Balaban J connectivity index is 1.02. The number of para-hydroxylation sites is 2. The zero-order chi connectivity index (χ0) is 42.6. The summed E-state index contributed by atoms with van der Waals surface area (Å²) >= 11 is 0. The fourth-order valence-corrected chi connectivity index (χ4v) is 10.2. The van der Waals surface area contributed by atoms with Crippen molar-refractivity contribution in [3.05, 3.63) is 228 Å². The highest BCUT2D eigenvalue weighted by Gasteiger charge is 2.26. The third-order valence-electron chi connectivity index (χ3n) is 13.3. The third kappa shape index (κ3) is 6.74. The zero-order valence-electron chi connectivity index (χ0n) is 35.7. The molecule has 0 saturated carbocycles. The van der Waals surface area contributed by atoms with Crippen molar-refractivity contribution >= 4 is 71.5 Å². The first-order chi connectivity index (χ1) is 31.6. The van der Waals surface area contributed by atoms with Gasteiger partial charge in [0.15, 0.2) is 0 Å². The van der Waals surface area contributed by atoms with E-state index >= 15 is 0 Å². The van der Waals surface area contributed by atoms with Crippen molar-refractivity contribution < 1.29 is 4.42 Å². The maximum atomic E-state index is 6.69. The third-order valence-corrected chi connectivity index (χ3v) is 13.3. The fraction of sp³-hybridized carbons (Fsp3) is 0.117. The van der Waals surface area contributed by atoms with Crippen LogP contribution in [0.1, 0.15) is 72.6 Å². The van der Waals surface area contributed by atoms with Gasteiger partial charge in [0, 0.05) is 38.4 Å². The molecule has 0 aliphatic heterocycles. The van der Waals surface area contributed by atoms with Gasteiger partial charge in [-0.15, -0.1) is 0 Å². The Hall–Kier alpha value is -7.69. The summed E-state index contributed by atoms with van der Waals surface area (Å²) in [5, 5.41) is 5.68. The SMILES string of the molecule is CC1CC(c2ccccc2)=CC=C1c1cc(C2=CCCC(c3nc4ccccc4c4c(-c5ccccc5)c5c(cc34)oc3ccccc35)=C2)nc(C2C=CC(c3ccccc3)=CC2)n1. The van der Waals surface area contributed by atoms with E-state index in [2.05, 4.69) is 195 Å². The molecule has 6 aromatic carbocycles. The monoisotopic (exact) mass is 823 g/mol. The van der Waals surface area contributed by atoms with E-state index in [4.69, 9.17) is 19.4 Å². The molecule has 3 aliphatic rings. The summed E-state index contributed by atoms with van der Waals surface area (Å²) in [4.78, 5) is 16.3. The predicted molar refractivity (Wildman–Crippen MR) is 266 cm³/mol. The molecule has 3 heterocycles. The van der Waals surface area contributed by atoms with Gasteiger partial charge in [-0.2, -0.15) is 0 Å². The van der Waals surface area contributed by atoms with Gasteiger partial charge >= 0.3 is 0 Å². The van der Waals surface area contributed by atoms with Crippen molar-refractivity contribution in [2.45, 2.75) is 38.5 Å². The largest absolute Gasteiger partial charge is 0.456 e. The van der Waals surface area contributed by atoms with Crippen molar-refractivity contribution in [2.24, 2.45) is 5.92 Å². The molecule has 64 heavy (non-hydrogen) atoms. The van der Waals surface area contributed by atoms with Gasteiger partial charge in [0.05, 0.1) is 22.6 Å². The number of hydrogen-bond donors (Lipinski definition) is 0. The fourth-order valence-electron chi connectivity index (χ4n) is 10.2. The number of hydrogen-bond acceptors (Lipinski definition) is 4. The minimum absolute atomic E-state index is 0.0578. The molecule has 12 rings (SSSR count). The molecule has 0 N–H and O–H groups in total. The molecule has 9 aromatic rings. The predicted octanol–water partition coefficient (Wildman–Crippen LogP) is 15.6. The normalized spacial score (nSPS) is 17.6. The summed E-state index contributed by atoms with van der Waals surface area (Å²) in [6.07, 6.45) is 19.7. The van der Waals surface area contributed by atoms with E-state index in [9.17, 15) is 0 Å². The Kier molecular flexibility index (Phi) is 9.44. The van der Waals surface area contributed by atoms with E-state index < -0.39 is 0 Å². The Bertz CT molecular complexity index is 3490. The lowest BCUT2D eigenvalue weighted by molar-refractivity contribution is 0.669. The second-order valence-electron chi connectivity index (χ2n) is 17.4. The molecule has 0 fully saturated rings. The Morgan fingerprint density at radius 3 is 2.03 bits per heavy atom. The molecule has 0 amide bonds. The number of allylic oxidation sites excluding steroid dienone is 12. The standard InChI is InChI=1S/C60H45N3O/c1-38-34-44(40-18-7-3-8-19-40)32-33-47(38)53-37-52(62-60(63-53)43-30-28-41(29-31-43)39-16-5-2-6-17-39)45-22-15-23-46(35-45)59-50-36-55-58(49-25-12-14-27-54(49)64-55)56(42-20-9-4-10-21-42)57(50)48-24-11-13-26-51(48)61-59/h2-14,16-22,24-30,32-33,35-38,43H,15,23,31,34H2,1H3. The highest BCUT2D eigenvalue weighted by molar-refractivity contribution is 6.27. The van der Waals surface area contributed by atoms with Crippen LogP contribution in [0.5, 0.6) is 0 Å². The summed E-state index contributed by atoms with van der Waals surface area (Å²) in [7, 11) is 0. The molecular weight excluding hydrogens is 779 g/mol. The first kappa shape index (κ1) is 38.0. The van der Waals surface area contributed by atoms with Gasteiger partial charge in [-0.3, -0.25) is 0 Å². The second-order valence-corrected chi connectivity index (χ2v) is 17.4. The van der Waals surface area contributed by atoms with Gasteiger partial charge in [-0.25, -0.2) is 15.0 Å². The van der Waals surface area contributed by atoms with Crippen molar-refractivity contribution in [3.8, 4) is 11.1 Å². The van der Waals surface area contributed by atoms with E-state index in [0.29, 0.717) is 0 Å². The smallest absolute Gasteiger partial charge is 0.136 e. The lowest BCUT2D eigenvalue weighted by Gasteiger charge is -2.24. The van der Waals surface area contributed by atoms with Crippen LogP contribution in [0.3, 0.4) is 0 Å². The van der Waals surface area contributed by atoms with E-state index in [1.165, 1.54) is 44.4 Å². The van der Waals surface area contributed by atoms with Gasteiger partial charge in [0.2, 0.25) is 0 Å². The van der Waals surface area contributed by atoms with Crippen LogP contribution in [0.25, 0.3) is 82.6 Å². The summed E-state index contributed by atoms with van der Waals surface area (Å²) in [5.41, 5.74) is 16.6. The highest BCUT2D eigenvalue weighted by atomic mass is 16.3. The quantitative estimate of drug-likeness (QED) is 0.150. The first-order valence-corrected chi connectivity index (χ1v) is 22.6. The maximum absolute atomic E-state index is 6.69. The van der Waals surface area contributed by atoms with Crippen LogP contribution in [0.2, 0.25) is 0 Å². The molecule has 4 nitrogen and oxygen atoms in total. The lowest BCUT2D eigenvalue weighted by atomic mass is 9.83. The summed E-state index contributed by atoms with van der Waals surface area (Å²) < 4.78 is 6.69. The summed E-state index contributed by atoms with van der Waals surface area (Å²) in [5.74, 6) is 1.20. The minimum Gasteiger partial charge on any atom is -0.456 e. The van der Waals surface area contributed by atoms with Crippen molar-refractivity contribution in [2.75, 3.05) is 0 Å². The van der Waals surface area contributed by atoms with Crippen molar-refractivity contribution in [1.29, 1.82) is 0 Å². The first-order valence-electron chi connectivity index (χ1n) is 22.6. The minimum atomic E-state index is 0.0578. The number of furan rings is 1. The van der Waals surface area contributed by atoms with E-state index in [-0.39, 0.29) is 11.8 Å². The van der Waals surface area contributed by atoms with Gasteiger partial charge in [-0.1, -0.05) is 171 Å². The molecule has 2 atom stereocenters. The van der Waals surface area contributed by atoms with Crippen LogP contribution in [0.4, 0.5) is 0 Å². The molecule has 0 radical (unpaired) electrons. The van der Waals surface area contributed by atoms with Crippen molar-refractivity contribution in [3.63, 3.8) is 0 Å². The summed E-state index contributed by atoms with van der Waals surface area (Å²) in [6.45, 7) is 2.33. The average molecular weight is 824 g/mol. The van der Waals surface area contributed by atoms with Crippen molar-refractivity contribution in [1.82, 2.24) is 15.0 Å². The molecule has 2 unspecified atom stereocenters. The van der Waals surface area contributed by atoms with Crippen LogP contribution >= 0.6 is 0 Å². The highest BCUT2D eigenvalue weighted by Crippen LogP contribution is 2.47. The molecule has 3 aliphatic carbocycles. The average Bonchev–Trinajstić information content (AvgIpc) is 3.74. The molecule has 0 saturated heterocycles. The molecule has 3 aromatic heterocycles. The van der Waals surface area contributed by atoms with Gasteiger partial charge < -0.3 is 4.42 Å². The number of fused-ring (bicyclic) bond motifs is 6. The van der Waals surface area contributed by atoms with E-state index in [0.717, 1.165) is 98.0 Å². The van der Waals surface area contributed by atoms with E-state index in [1.54, 1.807) is 0 Å². The van der Waals surface area contributed by atoms with Crippen LogP contribution in [-0.4, -0.2) is 15.0 Å². The molecular formula is C60H45N3O. The molecule has 4 heteroatoms. The Morgan fingerprint density at radius 2 is 1.27 bits per heavy atom. The summed E-state index contributed by atoms with van der Waals surface area (Å²) in [6, 6.07) is 53.6. The Labute approximate surface area is 373 Å². The number of nitrogens with zero attached hydrogens (tertiary/aromatic N) is 3. The lowest BCUT2D eigenvalue weighted by Crippen LogP contribution is -2.12. The number of aromatic nitrogens is 3. The van der Waals surface area contributed by atoms with Gasteiger partial charge in [0.25, 0.3) is 0 Å². The van der Waals surface area contributed by atoms with E-state index in [1.807, 2.05) is 6.07 Å². The topological polar surface area (TPSA) is 51.8 Å². The Morgan fingerprint density at radius 1 is 0.562 bits per heavy atom. The zero-order valence-corrected chi connectivity index (χ0v) is 35.7.